The SMILES string of the molecule is CCN(CC)[C@@](C)(CNC(=O)c1ccc(OCOCCOC)cc1)C(=O)O. The third kappa shape index (κ3) is 6.82. The summed E-state index contributed by atoms with van der Waals surface area (Å²) in [5.74, 6) is -0.733. The van der Waals surface area contributed by atoms with E-state index in [9.17, 15) is 14.7 Å². The number of hydrogen-bond acceptors (Lipinski definition) is 6. The van der Waals surface area contributed by atoms with Gasteiger partial charge in [0.25, 0.3) is 5.91 Å². The number of ether oxygens (including phenoxy) is 3. The lowest BCUT2D eigenvalue weighted by molar-refractivity contribution is -0.150. The quantitative estimate of drug-likeness (QED) is 0.395. The van der Waals surface area contributed by atoms with Crippen molar-refractivity contribution >= 4 is 11.9 Å². The van der Waals surface area contributed by atoms with Crippen LogP contribution in [-0.4, -0.2) is 74.2 Å². The van der Waals surface area contributed by atoms with Gasteiger partial charge in [0, 0.05) is 19.2 Å². The number of aliphatic carboxylic acids is 1. The summed E-state index contributed by atoms with van der Waals surface area (Å²) in [4.78, 5) is 25.9. The Labute approximate surface area is 160 Å². The van der Waals surface area contributed by atoms with Crippen LogP contribution in [0.5, 0.6) is 5.75 Å². The predicted octanol–water partition coefficient (Wildman–Crippen LogP) is 1.60. The van der Waals surface area contributed by atoms with Crippen LogP contribution in [0.3, 0.4) is 0 Å². The fraction of sp³-hybridized carbons (Fsp3) is 0.579. The van der Waals surface area contributed by atoms with E-state index < -0.39 is 11.5 Å². The van der Waals surface area contributed by atoms with Gasteiger partial charge in [0.2, 0.25) is 0 Å². The molecule has 27 heavy (non-hydrogen) atoms. The van der Waals surface area contributed by atoms with E-state index in [-0.39, 0.29) is 19.2 Å². The highest BCUT2D eigenvalue weighted by atomic mass is 16.7. The standard InChI is InChI=1S/C19H30N2O6/c1-5-21(6-2)19(3,18(23)24)13-20-17(22)15-7-9-16(10-8-15)27-14-26-12-11-25-4/h7-10H,5-6,11-14H2,1-4H3,(H,20,22)(H,23,24)/t19-/m0/s1. The van der Waals surface area contributed by atoms with Crippen LogP contribution in [0.15, 0.2) is 24.3 Å². The van der Waals surface area contributed by atoms with Crippen LogP contribution in [0.25, 0.3) is 0 Å². The number of carbonyl (C=O) groups is 2. The summed E-state index contributed by atoms with van der Waals surface area (Å²) in [6, 6.07) is 6.56. The van der Waals surface area contributed by atoms with Crippen molar-refractivity contribution in [1.82, 2.24) is 10.2 Å². The van der Waals surface area contributed by atoms with Gasteiger partial charge in [-0.1, -0.05) is 13.8 Å². The minimum Gasteiger partial charge on any atom is -0.480 e. The Morgan fingerprint density at radius 2 is 1.78 bits per heavy atom. The van der Waals surface area contributed by atoms with E-state index >= 15 is 0 Å². The van der Waals surface area contributed by atoms with Crippen LogP contribution in [0.1, 0.15) is 31.1 Å². The molecule has 1 rings (SSSR count). The van der Waals surface area contributed by atoms with E-state index in [0.717, 1.165) is 0 Å². The first kappa shape index (κ1) is 22.9. The lowest BCUT2D eigenvalue weighted by Gasteiger charge is -2.36. The van der Waals surface area contributed by atoms with Gasteiger partial charge in [-0.25, -0.2) is 0 Å². The summed E-state index contributed by atoms with van der Waals surface area (Å²) in [7, 11) is 1.59. The molecule has 0 aliphatic rings. The molecule has 2 N–H and O–H groups in total. The largest absolute Gasteiger partial charge is 0.480 e. The third-order valence-electron chi connectivity index (χ3n) is 4.37. The molecule has 0 bridgehead atoms. The first-order chi connectivity index (χ1) is 12.9. The predicted molar refractivity (Wildman–Crippen MR) is 101 cm³/mol. The normalized spacial score (nSPS) is 13.2. The topological polar surface area (TPSA) is 97.3 Å². The Balaban J connectivity index is 2.60. The van der Waals surface area contributed by atoms with Gasteiger partial charge >= 0.3 is 5.97 Å². The van der Waals surface area contributed by atoms with Crippen LogP contribution in [0, 0.1) is 0 Å². The summed E-state index contributed by atoms with van der Waals surface area (Å²) in [6.07, 6.45) is 0. The van der Waals surface area contributed by atoms with Crippen LogP contribution in [0.2, 0.25) is 0 Å². The molecule has 0 saturated carbocycles. The van der Waals surface area contributed by atoms with Gasteiger partial charge < -0.3 is 24.6 Å². The fourth-order valence-electron chi connectivity index (χ4n) is 2.61. The molecule has 1 atom stereocenters. The van der Waals surface area contributed by atoms with Crippen LogP contribution < -0.4 is 10.1 Å². The van der Waals surface area contributed by atoms with Crippen molar-refractivity contribution in [3.8, 4) is 5.75 Å². The maximum absolute atomic E-state index is 12.4. The number of nitrogens with zero attached hydrogens (tertiary/aromatic N) is 1. The smallest absolute Gasteiger partial charge is 0.325 e. The molecule has 0 aromatic heterocycles. The summed E-state index contributed by atoms with van der Waals surface area (Å²) in [6.45, 7) is 7.58. The number of likely N-dealkylation sites (N-methyl/N-ethyl adjacent to an activating group) is 1. The molecule has 0 aliphatic carbocycles. The second kappa shape index (κ2) is 11.5. The van der Waals surface area contributed by atoms with Crippen molar-refractivity contribution in [2.45, 2.75) is 26.3 Å². The minimum absolute atomic E-state index is 0.00837. The molecule has 152 valence electrons. The van der Waals surface area contributed by atoms with Gasteiger partial charge in [-0.05, 0) is 44.3 Å². The minimum atomic E-state index is -1.16. The van der Waals surface area contributed by atoms with Crippen molar-refractivity contribution in [1.29, 1.82) is 0 Å². The number of nitrogens with one attached hydrogen (secondary N) is 1. The van der Waals surface area contributed by atoms with E-state index in [4.69, 9.17) is 14.2 Å². The Hall–Kier alpha value is -2.16. The van der Waals surface area contributed by atoms with Crippen LogP contribution >= 0.6 is 0 Å². The van der Waals surface area contributed by atoms with E-state index in [2.05, 4.69) is 5.32 Å². The Bertz CT molecular complexity index is 588. The van der Waals surface area contributed by atoms with Crippen molar-refractivity contribution < 1.29 is 28.9 Å². The van der Waals surface area contributed by atoms with E-state index in [0.29, 0.717) is 37.6 Å². The monoisotopic (exact) mass is 382 g/mol. The number of benzene rings is 1. The molecule has 8 heteroatoms. The Morgan fingerprint density at radius 1 is 1.15 bits per heavy atom. The molecular weight excluding hydrogens is 352 g/mol. The number of carboxylic acids is 1. The maximum atomic E-state index is 12.4. The zero-order chi connectivity index (χ0) is 20.3. The molecule has 1 amide bonds. The van der Waals surface area contributed by atoms with Gasteiger partial charge in [-0.2, -0.15) is 0 Å². The molecule has 0 spiro atoms. The lowest BCUT2D eigenvalue weighted by atomic mass is 9.99. The molecule has 8 nitrogen and oxygen atoms in total. The number of hydrogen-bond donors (Lipinski definition) is 2. The van der Waals surface area contributed by atoms with E-state index in [1.54, 1.807) is 43.2 Å². The van der Waals surface area contributed by atoms with Crippen molar-refractivity contribution in [2.75, 3.05) is 46.8 Å². The van der Waals surface area contributed by atoms with Gasteiger partial charge in [-0.15, -0.1) is 0 Å². The number of carboxylic acid groups (broad SMARTS) is 1. The average molecular weight is 382 g/mol. The maximum Gasteiger partial charge on any atom is 0.325 e. The van der Waals surface area contributed by atoms with E-state index in [1.807, 2.05) is 13.8 Å². The third-order valence-corrected chi connectivity index (χ3v) is 4.37. The molecule has 0 radical (unpaired) electrons. The highest BCUT2D eigenvalue weighted by Crippen LogP contribution is 2.16. The Morgan fingerprint density at radius 3 is 2.30 bits per heavy atom. The molecule has 0 saturated heterocycles. The molecule has 0 unspecified atom stereocenters. The second-order valence-electron chi connectivity index (χ2n) is 6.12. The lowest BCUT2D eigenvalue weighted by Crippen LogP contribution is -2.58. The van der Waals surface area contributed by atoms with Crippen molar-refractivity contribution in [2.24, 2.45) is 0 Å². The van der Waals surface area contributed by atoms with Crippen molar-refractivity contribution in [3.63, 3.8) is 0 Å². The summed E-state index contributed by atoms with van der Waals surface area (Å²) in [5.41, 5.74) is -0.739. The van der Waals surface area contributed by atoms with Crippen LogP contribution in [0.4, 0.5) is 0 Å². The number of amides is 1. The molecular formula is C19H30N2O6. The van der Waals surface area contributed by atoms with Gasteiger partial charge in [0.1, 0.15) is 11.3 Å². The van der Waals surface area contributed by atoms with Gasteiger partial charge in [0.15, 0.2) is 6.79 Å². The first-order valence-corrected chi connectivity index (χ1v) is 8.95. The summed E-state index contributed by atoms with van der Waals surface area (Å²) in [5, 5.41) is 12.3. The Kier molecular flexibility index (Phi) is 9.77. The van der Waals surface area contributed by atoms with Crippen molar-refractivity contribution in [3.05, 3.63) is 29.8 Å². The summed E-state index contributed by atoms with van der Waals surface area (Å²) >= 11 is 0. The summed E-state index contributed by atoms with van der Waals surface area (Å²) < 4.78 is 15.5. The van der Waals surface area contributed by atoms with E-state index in [1.165, 1.54) is 0 Å². The van der Waals surface area contributed by atoms with Gasteiger partial charge in [-0.3, -0.25) is 14.5 Å². The number of carbonyl (C=O) groups excluding carboxylic acids is 1. The molecule has 1 aromatic rings. The zero-order valence-electron chi connectivity index (χ0n) is 16.5. The zero-order valence-corrected chi connectivity index (χ0v) is 16.5. The highest BCUT2D eigenvalue weighted by Gasteiger charge is 2.38. The number of rotatable bonds is 13. The first-order valence-electron chi connectivity index (χ1n) is 8.95. The molecule has 0 heterocycles. The number of methoxy groups -OCH3 is 1. The van der Waals surface area contributed by atoms with Gasteiger partial charge in [0.05, 0.1) is 13.2 Å². The molecule has 0 aliphatic heterocycles. The van der Waals surface area contributed by atoms with Crippen LogP contribution in [-0.2, 0) is 14.3 Å². The fourth-order valence-corrected chi connectivity index (χ4v) is 2.61. The average Bonchev–Trinajstić information content (AvgIpc) is 2.67. The second-order valence-corrected chi connectivity index (χ2v) is 6.12. The highest BCUT2D eigenvalue weighted by molar-refractivity contribution is 5.94. The molecule has 0 fully saturated rings. The molecule has 1 aromatic carbocycles.